The Hall–Kier alpha value is -0.120. The van der Waals surface area contributed by atoms with E-state index in [9.17, 15) is 5.11 Å². The average Bonchev–Trinajstić information content (AvgIpc) is 2.01. The molecule has 0 rings (SSSR count). The largest absolute Gasteiger partial charge is 0.396 e. The Bertz CT molecular complexity index is 93.8. The van der Waals surface area contributed by atoms with Gasteiger partial charge in [0.15, 0.2) is 0 Å². The Morgan fingerprint density at radius 2 is 1.67 bits per heavy atom. The summed E-state index contributed by atoms with van der Waals surface area (Å²) in [6, 6.07) is 0. The van der Waals surface area contributed by atoms with Gasteiger partial charge in [0.25, 0.3) is 0 Å². The smallest absolute Gasteiger partial charge is 0.0541 e. The molecule has 0 aliphatic heterocycles. The summed E-state index contributed by atoms with van der Waals surface area (Å²) in [4.78, 5) is 0. The molecule has 0 bridgehead atoms. The highest BCUT2D eigenvalue weighted by Crippen LogP contribution is 2.08. The van der Waals surface area contributed by atoms with Crippen LogP contribution in [-0.2, 0) is 0 Å². The summed E-state index contributed by atoms with van der Waals surface area (Å²) in [7, 11) is 0. The Kier molecular flexibility index (Phi) is 7.45. The van der Waals surface area contributed by atoms with Crippen molar-refractivity contribution < 1.29 is 15.3 Å². The minimum absolute atomic E-state index is 0.198. The summed E-state index contributed by atoms with van der Waals surface area (Å²) in [5.74, 6) is 0. The van der Waals surface area contributed by atoms with Gasteiger partial charge in [0.2, 0.25) is 0 Å². The van der Waals surface area contributed by atoms with E-state index in [4.69, 9.17) is 10.2 Å². The Balaban J connectivity index is 3.15. The van der Waals surface area contributed by atoms with Gasteiger partial charge in [-0.1, -0.05) is 0 Å². The Morgan fingerprint density at radius 1 is 1.00 bits per heavy atom. The maximum atomic E-state index is 9.33. The molecule has 12 heavy (non-hydrogen) atoms. The molecule has 3 heteroatoms. The first-order valence-electron chi connectivity index (χ1n) is 4.63. The van der Waals surface area contributed by atoms with Crippen LogP contribution >= 0.6 is 0 Å². The molecule has 0 heterocycles. The molecular weight excluding hydrogens is 156 g/mol. The quantitative estimate of drug-likeness (QED) is 0.500. The van der Waals surface area contributed by atoms with E-state index in [1.54, 1.807) is 6.92 Å². The van der Waals surface area contributed by atoms with Gasteiger partial charge in [-0.05, 0) is 39.0 Å². The van der Waals surface area contributed by atoms with E-state index >= 15 is 0 Å². The first-order valence-corrected chi connectivity index (χ1v) is 4.63. The van der Waals surface area contributed by atoms with E-state index in [-0.39, 0.29) is 18.8 Å². The van der Waals surface area contributed by atoms with Gasteiger partial charge in [-0.3, -0.25) is 0 Å². The highest BCUT2D eigenvalue weighted by Gasteiger charge is 2.05. The van der Waals surface area contributed by atoms with E-state index in [1.165, 1.54) is 0 Å². The van der Waals surface area contributed by atoms with Gasteiger partial charge in [0, 0.05) is 6.61 Å². The summed E-state index contributed by atoms with van der Waals surface area (Å²) in [5.41, 5.74) is 0. The van der Waals surface area contributed by atoms with Crippen LogP contribution in [-0.4, -0.2) is 34.1 Å². The molecule has 0 aromatic rings. The molecule has 0 radical (unpaired) electrons. The third-order valence-corrected chi connectivity index (χ3v) is 1.86. The molecule has 0 saturated heterocycles. The second kappa shape index (κ2) is 7.53. The number of aliphatic hydroxyl groups excluding tert-OH is 3. The average molecular weight is 176 g/mol. The number of rotatable bonds is 7. The number of hydrogen-bond acceptors (Lipinski definition) is 3. The molecule has 3 nitrogen and oxygen atoms in total. The third-order valence-electron chi connectivity index (χ3n) is 1.86. The van der Waals surface area contributed by atoms with Crippen molar-refractivity contribution in [1.82, 2.24) is 0 Å². The zero-order valence-corrected chi connectivity index (χ0v) is 7.74. The van der Waals surface area contributed by atoms with E-state index in [1.807, 2.05) is 0 Å². The zero-order valence-electron chi connectivity index (χ0n) is 7.74. The molecule has 2 atom stereocenters. The predicted molar refractivity (Wildman–Crippen MR) is 47.9 cm³/mol. The maximum Gasteiger partial charge on any atom is 0.0541 e. The van der Waals surface area contributed by atoms with E-state index in [2.05, 4.69) is 0 Å². The molecule has 2 unspecified atom stereocenters. The minimum Gasteiger partial charge on any atom is -0.396 e. The van der Waals surface area contributed by atoms with Crippen LogP contribution in [0.15, 0.2) is 0 Å². The number of aliphatic hydroxyl groups is 3. The standard InChI is InChI=1S/C9H20O3/c1-8(11)5-6-9(12)4-2-3-7-10/h8-12H,2-7H2,1H3. The lowest BCUT2D eigenvalue weighted by atomic mass is 10.1. The monoisotopic (exact) mass is 176 g/mol. The van der Waals surface area contributed by atoms with Crippen molar-refractivity contribution in [2.75, 3.05) is 6.61 Å². The third kappa shape index (κ3) is 7.98. The molecule has 74 valence electrons. The topological polar surface area (TPSA) is 60.7 Å². The van der Waals surface area contributed by atoms with Crippen molar-refractivity contribution in [3.63, 3.8) is 0 Å². The second-order valence-corrected chi connectivity index (χ2v) is 3.30. The lowest BCUT2D eigenvalue weighted by Crippen LogP contribution is -2.10. The fraction of sp³-hybridized carbons (Fsp3) is 1.00. The number of unbranched alkanes of at least 4 members (excludes halogenated alkanes) is 1. The lowest BCUT2D eigenvalue weighted by molar-refractivity contribution is 0.113. The molecule has 0 aliphatic carbocycles. The summed E-state index contributed by atoms with van der Waals surface area (Å²) in [6.45, 7) is 1.92. The Morgan fingerprint density at radius 3 is 2.17 bits per heavy atom. The molecular formula is C9H20O3. The second-order valence-electron chi connectivity index (χ2n) is 3.30. The van der Waals surface area contributed by atoms with Crippen LogP contribution in [0.25, 0.3) is 0 Å². The fourth-order valence-electron chi connectivity index (χ4n) is 1.07. The van der Waals surface area contributed by atoms with E-state index in [0.29, 0.717) is 12.8 Å². The first-order chi connectivity index (χ1) is 5.66. The van der Waals surface area contributed by atoms with Crippen LogP contribution in [0, 0.1) is 0 Å². The van der Waals surface area contributed by atoms with Crippen LogP contribution in [0.1, 0.15) is 39.0 Å². The molecule has 0 fully saturated rings. The van der Waals surface area contributed by atoms with Gasteiger partial charge in [0.1, 0.15) is 0 Å². The molecule has 0 saturated carbocycles. The fourth-order valence-corrected chi connectivity index (χ4v) is 1.07. The Labute approximate surface area is 74.0 Å². The van der Waals surface area contributed by atoms with Crippen molar-refractivity contribution in [1.29, 1.82) is 0 Å². The van der Waals surface area contributed by atoms with Crippen LogP contribution in [0.2, 0.25) is 0 Å². The van der Waals surface area contributed by atoms with E-state index < -0.39 is 0 Å². The zero-order chi connectivity index (χ0) is 9.40. The summed E-state index contributed by atoms with van der Waals surface area (Å²) in [6.07, 6.45) is 3.02. The SMILES string of the molecule is CC(O)CCC(O)CCCCO. The van der Waals surface area contributed by atoms with Crippen molar-refractivity contribution in [2.24, 2.45) is 0 Å². The molecule has 0 aromatic heterocycles. The van der Waals surface area contributed by atoms with Gasteiger partial charge in [-0.15, -0.1) is 0 Å². The highest BCUT2D eigenvalue weighted by molar-refractivity contribution is 4.58. The van der Waals surface area contributed by atoms with E-state index in [0.717, 1.165) is 19.3 Å². The normalized spacial score (nSPS) is 16.0. The van der Waals surface area contributed by atoms with Crippen LogP contribution in [0.3, 0.4) is 0 Å². The molecule has 0 spiro atoms. The van der Waals surface area contributed by atoms with Gasteiger partial charge in [0.05, 0.1) is 12.2 Å². The van der Waals surface area contributed by atoms with Crippen LogP contribution in [0.5, 0.6) is 0 Å². The summed E-state index contributed by atoms with van der Waals surface area (Å²) in [5, 5.41) is 26.7. The molecule has 0 aromatic carbocycles. The molecule has 0 amide bonds. The molecule has 0 aliphatic rings. The van der Waals surface area contributed by atoms with Crippen molar-refractivity contribution >= 4 is 0 Å². The summed E-state index contributed by atoms with van der Waals surface area (Å²) < 4.78 is 0. The first kappa shape index (κ1) is 11.9. The van der Waals surface area contributed by atoms with Gasteiger partial charge in [-0.2, -0.15) is 0 Å². The summed E-state index contributed by atoms with van der Waals surface area (Å²) >= 11 is 0. The highest BCUT2D eigenvalue weighted by atomic mass is 16.3. The predicted octanol–water partition coefficient (Wildman–Crippen LogP) is 0.671. The maximum absolute atomic E-state index is 9.33. The van der Waals surface area contributed by atoms with Crippen molar-refractivity contribution in [2.45, 2.75) is 51.2 Å². The lowest BCUT2D eigenvalue weighted by Gasteiger charge is -2.10. The van der Waals surface area contributed by atoms with Crippen molar-refractivity contribution in [3.8, 4) is 0 Å². The van der Waals surface area contributed by atoms with Gasteiger partial charge < -0.3 is 15.3 Å². The van der Waals surface area contributed by atoms with Gasteiger partial charge in [-0.25, -0.2) is 0 Å². The van der Waals surface area contributed by atoms with Crippen LogP contribution < -0.4 is 0 Å². The number of hydrogen-bond donors (Lipinski definition) is 3. The van der Waals surface area contributed by atoms with Gasteiger partial charge >= 0.3 is 0 Å². The van der Waals surface area contributed by atoms with Crippen molar-refractivity contribution in [3.05, 3.63) is 0 Å². The van der Waals surface area contributed by atoms with Crippen LogP contribution in [0.4, 0.5) is 0 Å². The minimum atomic E-state index is -0.322. The molecule has 3 N–H and O–H groups in total.